The lowest BCUT2D eigenvalue weighted by Crippen LogP contribution is -2.39. The van der Waals surface area contributed by atoms with E-state index in [-0.39, 0.29) is 11.7 Å². The molecule has 1 aromatic heterocycles. The standard InChI is InChI=1S/C20H24FN3O/c1-2-17-5-3-4-12-24(17)18-10-11-19(22-14-18)20(25)23-13-15-6-8-16(21)9-7-15/h6-11,14,17H,2-5,12-13H2,1H3,(H,23,25). The van der Waals surface area contributed by atoms with E-state index in [0.717, 1.165) is 24.2 Å². The highest BCUT2D eigenvalue weighted by atomic mass is 19.1. The van der Waals surface area contributed by atoms with E-state index in [4.69, 9.17) is 0 Å². The molecule has 1 aliphatic heterocycles. The third-order valence-corrected chi connectivity index (χ3v) is 4.78. The summed E-state index contributed by atoms with van der Waals surface area (Å²) >= 11 is 0. The number of amides is 1. The molecule has 2 aromatic rings. The summed E-state index contributed by atoms with van der Waals surface area (Å²) in [5.41, 5.74) is 2.34. The molecule has 0 spiro atoms. The average Bonchev–Trinajstić information content (AvgIpc) is 2.67. The van der Waals surface area contributed by atoms with Gasteiger partial charge in [0.15, 0.2) is 0 Å². The molecule has 1 saturated heterocycles. The fourth-order valence-electron chi connectivity index (χ4n) is 3.33. The maximum atomic E-state index is 12.9. The number of nitrogens with one attached hydrogen (secondary N) is 1. The second-order valence-electron chi connectivity index (χ2n) is 6.46. The summed E-state index contributed by atoms with van der Waals surface area (Å²) in [7, 11) is 0. The topological polar surface area (TPSA) is 45.2 Å². The van der Waals surface area contributed by atoms with Crippen LogP contribution in [0.1, 0.15) is 48.7 Å². The van der Waals surface area contributed by atoms with Crippen LogP contribution in [0.4, 0.5) is 10.1 Å². The molecule has 2 heterocycles. The average molecular weight is 341 g/mol. The molecule has 1 aliphatic rings. The minimum Gasteiger partial charge on any atom is -0.367 e. The van der Waals surface area contributed by atoms with Crippen LogP contribution < -0.4 is 10.2 Å². The number of carbonyl (C=O) groups is 1. The SMILES string of the molecule is CCC1CCCCN1c1ccc(C(=O)NCc2ccc(F)cc2)nc1. The number of piperidine rings is 1. The highest BCUT2D eigenvalue weighted by Crippen LogP contribution is 2.25. The van der Waals surface area contributed by atoms with E-state index in [1.54, 1.807) is 24.4 Å². The van der Waals surface area contributed by atoms with Gasteiger partial charge in [-0.2, -0.15) is 0 Å². The number of nitrogens with zero attached hydrogens (tertiary/aromatic N) is 2. The Morgan fingerprint density at radius 2 is 2.04 bits per heavy atom. The van der Waals surface area contributed by atoms with Crippen LogP contribution >= 0.6 is 0 Å². The number of hydrogen-bond acceptors (Lipinski definition) is 3. The van der Waals surface area contributed by atoms with E-state index in [1.807, 2.05) is 6.07 Å². The molecule has 1 amide bonds. The predicted octanol–water partition coefficient (Wildman–Crippen LogP) is 3.92. The van der Waals surface area contributed by atoms with Crippen molar-refractivity contribution in [1.82, 2.24) is 10.3 Å². The number of pyridine rings is 1. The number of hydrogen-bond donors (Lipinski definition) is 1. The summed E-state index contributed by atoms with van der Waals surface area (Å²) in [5, 5.41) is 2.82. The molecule has 3 rings (SSSR count). The number of carbonyl (C=O) groups excluding carboxylic acids is 1. The van der Waals surface area contributed by atoms with Crippen molar-refractivity contribution in [3.63, 3.8) is 0 Å². The van der Waals surface area contributed by atoms with Gasteiger partial charge in [0.2, 0.25) is 0 Å². The quantitative estimate of drug-likeness (QED) is 0.896. The van der Waals surface area contributed by atoms with Crippen LogP contribution in [0.2, 0.25) is 0 Å². The van der Waals surface area contributed by atoms with Crippen molar-refractivity contribution < 1.29 is 9.18 Å². The highest BCUT2D eigenvalue weighted by Gasteiger charge is 2.21. The largest absolute Gasteiger partial charge is 0.367 e. The monoisotopic (exact) mass is 341 g/mol. The molecular formula is C20H24FN3O. The van der Waals surface area contributed by atoms with Gasteiger partial charge in [0, 0.05) is 19.1 Å². The zero-order valence-corrected chi connectivity index (χ0v) is 14.5. The lowest BCUT2D eigenvalue weighted by molar-refractivity contribution is 0.0946. The van der Waals surface area contributed by atoms with Gasteiger partial charge in [0.05, 0.1) is 11.9 Å². The van der Waals surface area contributed by atoms with E-state index in [1.165, 1.54) is 31.4 Å². The second-order valence-corrected chi connectivity index (χ2v) is 6.46. The Bertz CT molecular complexity index is 700. The molecule has 25 heavy (non-hydrogen) atoms. The van der Waals surface area contributed by atoms with Gasteiger partial charge in [-0.15, -0.1) is 0 Å². The van der Waals surface area contributed by atoms with Crippen molar-refractivity contribution in [2.45, 2.75) is 45.2 Å². The van der Waals surface area contributed by atoms with Crippen LogP contribution in [-0.4, -0.2) is 23.5 Å². The maximum Gasteiger partial charge on any atom is 0.270 e. The normalized spacial score (nSPS) is 17.4. The molecule has 4 nitrogen and oxygen atoms in total. The fourth-order valence-corrected chi connectivity index (χ4v) is 3.33. The van der Waals surface area contributed by atoms with Crippen LogP contribution in [0.25, 0.3) is 0 Å². The molecule has 1 unspecified atom stereocenters. The van der Waals surface area contributed by atoms with Crippen molar-refractivity contribution >= 4 is 11.6 Å². The van der Waals surface area contributed by atoms with E-state index in [2.05, 4.69) is 22.1 Å². The summed E-state index contributed by atoms with van der Waals surface area (Å²) in [4.78, 5) is 19.0. The first kappa shape index (κ1) is 17.4. The zero-order valence-electron chi connectivity index (χ0n) is 14.5. The van der Waals surface area contributed by atoms with Crippen molar-refractivity contribution in [3.05, 3.63) is 59.7 Å². The maximum absolute atomic E-state index is 12.9. The first-order chi connectivity index (χ1) is 12.2. The van der Waals surface area contributed by atoms with Crippen molar-refractivity contribution in [2.24, 2.45) is 0 Å². The lowest BCUT2D eigenvalue weighted by Gasteiger charge is -2.37. The fraction of sp³-hybridized carbons (Fsp3) is 0.400. The lowest BCUT2D eigenvalue weighted by atomic mass is 9.99. The molecular weight excluding hydrogens is 317 g/mol. The molecule has 0 radical (unpaired) electrons. The molecule has 0 aliphatic carbocycles. The van der Waals surface area contributed by atoms with Gasteiger partial charge in [0.25, 0.3) is 5.91 Å². The van der Waals surface area contributed by atoms with Crippen LogP contribution in [0.3, 0.4) is 0 Å². The Labute approximate surface area is 148 Å². The smallest absolute Gasteiger partial charge is 0.270 e. The summed E-state index contributed by atoms with van der Waals surface area (Å²) in [6.07, 6.45) is 6.62. The van der Waals surface area contributed by atoms with Crippen LogP contribution in [0.15, 0.2) is 42.6 Å². The first-order valence-electron chi connectivity index (χ1n) is 8.92. The summed E-state index contributed by atoms with van der Waals surface area (Å²) in [6, 6.07) is 10.4. The molecule has 1 N–H and O–H groups in total. The van der Waals surface area contributed by atoms with Gasteiger partial charge in [-0.3, -0.25) is 4.79 Å². The molecule has 132 valence electrons. The van der Waals surface area contributed by atoms with Crippen molar-refractivity contribution in [1.29, 1.82) is 0 Å². The molecule has 1 aromatic carbocycles. The molecule has 5 heteroatoms. The van der Waals surface area contributed by atoms with Gasteiger partial charge in [-0.25, -0.2) is 9.37 Å². The minimum atomic E-state index is -0.282. The van der Waals surface area contributed by atoms with Gasteiger partial charge in [-0.1, -0.05) is 19.1 Å². The van der Waals surface area contributed by atoms with Crippen molar-refractivity contribution in [3.8, 4) is 0 Å². The number of aromatic nitrogens is 1. The summed E-state index contributed by atoms with van der Waals surface area (Å²) < 4.78 is 12.9. The van der Waals surface area contributed by atoms with Crippen LogP contribution in [0, 0.1) is 5.82 Å². The van der Waals surface area contributed by atoms with Gasteiger partial charge in [-0.05, 0) is 55.5 Å². The molecule has 0 bridgehead atoms. The number of halogens is 1. The van der Waals surface area contributed by atoms with Gasteiger partial charge < -0.3 is 10.2 Å². The summed E-state index contributed by atoms with van der Waals surface area (Å²) in [6.45, 7) is 3.62. The van der Waals surface area contributed by atoms with Crippen molar-refractivity contribution in [2.75, 3.05) is 11.4 Å². The Morgan fingerprint density at radius 3 is 2.72 bits per heavy atom. The number of rotatable bonds is 5. The number of benzene rings is 1. The van der Waals surface area contributed by atoms with Crippen LogP contribution in [0.5, 0.6) is 0 Å². The predicted molar refractivity (Wildman–Crippen MR) is 97.1 cm³/mol. The van der Waals surface area contributed by atoms with Gasteiger partial charge >= 0.3 is 0 Å². The highest BCUT2D eigenvalue weighted by molar-refractivity contribution is 5.92. The molecule has 1 fully saturated rings. The zero-order chi connectivity index (χ0) is 17.6. The van der Waals surface area contributed by atoms with E-state index in [0.29, 0.717) is 18.3 Å². The van der Waals surface area contributed by atoms with Gasteiger partial charge in [0.1, 0.15) is 11.5 Å². The second kappa shape index (κ2) is 8.10. The Hall–Kier alpha value is -2.43. The Kier molecular flexibility index (Phi) is 5.64. The molecule has 0 saturated carbocycles. The third kappa shape index (κ3) is 4.35. The first-order valence-corrected chi connectivity index (χ1v) is 8.92. The van der Waals surface area contributed by atoms with E-state index < -0.39 is 0 Å². The number of anilines is 1. The van der Waals surface area contributed by atoms with E-state index in [9.17, 15) is 9.18 Å². The molecule has 1 atom stereocenters. The summed E-state index contributed by atoms with van der Waals surface area (Å²) in [5.74, 6) is -0.503. The van der Waals surface area contributed by atoms with Crippen LogP contribution in [-0.2, 0) is 6.54 Å². The Morgan fingerprint density at radius 1 is 1.24 bits per heavy atom. The Balaban J connectivity index is 1.61. The van der Waals surface area contributed by atoms with E-state index >= 15 is 0 Å². The minimum absolute atomic E-state index is 0.221. The third-order valence-electron chi connectivity index (χ3n) is 4.78.